The van der Waals surface area contributed by atoms with Gasteiger partial charge in [-0.15, -0.1) is 0 Å². The minimum atomic E-state index is -0.593. The molecule has 8 nitrogen and oxygen atoms in total. The average molecular weight is 359 g/mol. The minimum absolute atomic E-state index is 0.148. The van der Waals surface area contributed by atoms with Gasteiger partial charge in [-0.2, -0.15) is 0 Å². The van der Waals surface area contributed by atoms with Gasteiger partial charge in [-0.3, -0.25) is 19.1 Å². The second-order valence-electron chi connectivity index (χ2n) is 7.65. The summed E-state index contributed by atoms with van der Waals surface area (Å²) in [4.78, 5) is 44.3. The zero-order valence-corrected chi connectivity index (χ0v) is 15.4. The van der Waals surface area contributed by atoms with Gasteiger partial charge in [0.2, 0.25) is 0 Å². The highest BCUT2D eigenvalue weighted by atomic mass is 16.2. The molecule has 140 valence electrons. The molecule has 0 saturated heterocycles. The molecule has 2 aromatic heterocycles. The standard InChI is InChI=1S/C18H25N5O3/c1-4-7-23-14-13(16(25)22-17(23)26)11(8-12(21-14)10-5-6-10)15(24)20-9-18(2,3)19/h8,10H,4-7,9,19H2,1-3H3,(H,20,24)(H,22,25,26). The van der Waals surface area contributed by atoms with Crippen LogP contribution in [0.1, 0.15) is 62.0 Å². The first-order chi connectivity index (χ1) is 12.2. The number of hydrogen-bond donors (Lipinski definition) is 3. The number of nitrogens with one attached hydrogen (secondary N) is 2. The Bertz CT molecular complexity index is 964. The third kappa shape index (κ3) is 3.70. The number of H-pyrrole nitrogens is 1. The Kier molecular flexibility index (Phi) is 4.70. The molecule has 0 radical (unpaired) electrons. The van der Waals surface area contributed by atoms with Crippen LogP contribution in [-0.4, -0.2) is 32.5 Å². The van der Waals surface area contributed by atoms with E-state index in [1.54, 1.807) is 19.9 Å². The fourth-order valence-corrected chi connectivity index (χ4v) is 2.90. The van der Waals surface area contributed by atoms with Gasteiger partial charge < -0.3 is 11.1 Å². The van der Waals surface area contributed by atoms with Crippen LogP contribution in [0.5, 0.6) is 0 Å². The summed E-state index contributed by atoms with van der Waals surface area (Å²) in [6.07, 6.45) is 2.70. The van der Waals surface area contributed by atoms with Crippen LogP contribution in [0.3, 0.4) is 0 Å². The Morgan fingerprint density at radius 1 is 1.42 bits per heavy atom. The molecule has 1 aliphatic rings. The Labute approximate surface area is 150 Å². The predicted molar refractivity (Wildman–Crippen MR) is 99.5 cm³/mol. The third-order valence-corrected chi connectivity index (χ3v) is 4.36. The lowest BCUT2D eigenvalue weighted by Crippen LogP contribution is -2.45. The van der Waals surface area contributed by atoms with Crippen molar-refractivity contribution in [3.63, 3.8) is 0 Å². The number of amides is 1. The SMILES string of the molecule is CCCn1c(=O)[nH]c(=O)c2c(C(=O)NCC(C)(C)N)cc(C3CC3)nc21. The molecule has 4 N–H and O–H groups in total. The van der Waals surface area contributed by atoms with E-state index in [2.05, 4.69) is 15.3 Å². The van der Waals surface area contributed by atoms with Gasteiger partial charge in [0.1, 0.15) is 0 Å². The van der Waals surface area contributed by atoms with E-state index >= 15 is 0 Å². The molecule has 1 saturated carbocycles. The Morgan fingerprint density at radius 3 is 2.69 bits per heavy atom. The van der Waals surface area contributed by atoms with Gasteiger partial charge >= 0.3 is 5.69 Å². The van der Waals surface area contributed by atoms with Gasteiger partial charge in [0.15, 0.2) is 5.65 Å². The highest BCUT2D eigenvalue weighted by molar-refractivity contribution is 6.05. The number of hydrogen-bond acceptors (Lipinski definition) is 5. The second-order valence-corrected chi connectivity index (χ2v) is 7.65. The molecule has 0 aliphatic heterocycles. The van der Waals surface area contributed by atoms with E-state index < -0.39 is 16.8 Å². The molecule has 1 aliphatic carbocycles. The predicted octanol–water partition coefficient (Wildman–Crippen LogP) is 0.839. The van der Waals surface area contributed by atoms with Crippen molar-refractivity contribution in [2.75, 3.05) is 6.54 Å². The lowest BCUT2D eigenvalue weighted by Gasteiger charge is -2.19. The van der Waals surface area contributed by atoms with Crippen LogP contribution in [0.2, 0.25) is 0 Å². The molecule has 8 heteroatoms. The number of rotatable bonds is 6. The van der Waals surface area contributed by atoms with Crippen molar-refractivity contribution in [1.29, 1.82) is 0 Å². The molecule has 2 aromatic rings. The fourth-order valence-electron chi connectivity index (χ4n) is 2.90. The zero-order valence-electron chi connectivity index (χ0n) is 15.4. The van der Waals surface area contributed by atoms with Crippen LogP contribution in [0.15, 0.2) is 15.7 Å². The maximum atomic E-state index is 12.8. The molecule has 3 rings (SSSR count). The number of pyridine rings is 1. The lowest BCUT2D eigenvalue weighted by molar-refractivity contribution is 0.0947. The highest BCUT2D eigenvalue weighted by Crippen LogP contribution is 2.39. The number of nitrogens with zero attached hydrogens (tertiary/aromatic N) is 2. The second kappa shape index (κ2) is 6.68. The molecule has 0 bridgehead atoms. The molecule has 2 heterocycles. The van der Waals surface area contributed by atoms with Gasteiger partial charge in [0.25, 0.3) is 11.5 Å². The maximum absolute atomic E-state index is 12.8. The quantitative estimate of drug-likeness (QED) is 0.705. The molecular formula is C18H25N5O3. The summed E-state index contributed by atoms with van der Waals surface area (Å²) in [6.45, 7) is 6.23. The van der Waals surface area contributed by atoms with Crippen LogP contribution < -0.4 is 22.3 Å². The highest BCUT2D eigenvalue weighted by Gasteiger charge is 2.29. The van der Waals surface area contributed by atoms with E-state index in [9.17, 15) is 14.4 Å². The lowest BCUT2D eigenvalue weighted by atomic mass is 10.1. The summed E-state index contributed by atoms with van der Waals surface area (Å²) in [5, 5.41) is 2.93. The average Bonchev–Trinajstić information content (AvgIpc) is 3.39. The molecule has 1 fully saturated rings. The van der Waals surface area contributed by atoms with Crippen molar-refractivity contribution in [2.45, 2.75) is 58.0 Å². The summed E-state index contributed by atoms with van der Waals surface area (Å²) in [6, 6.07) is 1.68. The van der Waals surface area contributed by atoms with Gasteiger partial charge in [0.05, 0.1) is 10.9 Å². The summed E-state index contributed by atoms with van der Waals surface area (Å²) < 4.78 is 1.44. The first-order valence-corrected chi connectivity index (χ1v) is 8.96. The molecule has 1 amide bonds. The van der Waals surface area contributed by atoms with Gasteiger partial charge in [-0.05, 0) is 39.2 Å². The van der Waals surface area contributed by atoms with Crippen LogP contribution >= 0.6 is 0 Å². The van der Waals surface area contributed by atoms with Crippen LogP contribution in [-0.2, 0) is 6.54 Å². The zero-order chi connectivity index (χ0) is 19.1. The monoisotopic (exact) mass is 359 g/mol. The molecule has 0 aromatic carbocycles. The van der Waals surface area contributed by atoms with E-state index in [-0.39, 0.29) is 35.0 Å². The van der Waals surface area contributed by atoms with E-state index in [0.29, 0.717) is 13.0 Å². The number of fused-ring (bicyclic) bond motifs is 1. The fraction of sp³-hybridized carbons (Fsp3) is 0.556. The molecule has 0 unspecified atom stereocenters. The summed E-state index contributed by atoms with van der Waals surface area (Å²) in [5.41, 5.74) is 5.54. The number of nitrogens with two attached hydrogens (primary N) is 1. The van der Waals surface area contributed by atoms with Crippen LogP contribution in [0.25, 0.3) is 11.0 Å². The van der Waals surface area contributed by atoms with Gasteiger partial charge in [0, 0.05) is 30.2 Å². The largest absolute Gasteiger partial charge is 0.350 e. The van der Waals surface area contributed by atoms with Crippen molar-refractivity contribution in [3.8, 4) is 0 Å². The number of aromatic nitrogens is 3. The summed E-state index contributed by atoms with van der Waals surface area (Å²) in [7, 11) is 0. The van der Waals surface area contributed by atoms with Crippen molar-refractivity contribution in [1.82, 2.24) is 19.9 Å². The first-order valence-electron chi connectivity index (χ1n) is 8.96. The van der Waals surface area contributed by atoms with Crippen LogP contribution in [0.4, 0.5) is 0 Å². The van der Waals surface area contributed by atoms with Gasteiger partial charge in [-0.25, -0.2) is 9.78 Å². The molecule has 0 atom stereocenters. The Hall–Kier alpha value is -2.48. The summed E-state index contributed by atoms with van der Waals surface area (Å²) in [5.74, 6) is -0.105. The van der Waals surface area contributed by atoms with E-state index in [1.165, 1.54) is 4.57 Å². The van der Waals surface area contributed by atoms with Crippen LogP contribution in [0, 0.1) is 0 Å². The third-order valence-electron chi connectivity index (χ3n) is 4.36. The minimum Gasteiger partial charge on any atom is -0.350 e. The van der Waals surface area contributed by atoms with E-state index in [0.717, 1.165) is 18.5 Å². The van der Waals surface area contributed by atoms with Crippen molar-refractivity contribution in [3.05, 3.63) is 38.2 Å². The maximum Gasteiger partial charge on any atom is 0.329 e. The number of carbonyl (C=O) groups excluding carboxylic acids is 1. The van der Waals surface area contributed by atoms with Gasteiger partial charge in [-0.1, -0.05) is 6.92 Å². The van der Waals surface area contributed by atoms with Crippen molar-refractivity contribution < 1.29 is 4.79 Å². The first kappa shape index (κ1) is 18.3. The van der Waals surface area contributed by atoms with E-state index in [4.69, 9.17) is 5.73 Å². The summed E-state index contributed by atoms with van der Waals surface area (Å²) >= 11 is 0. The molecule has 26 heavy (non-hydrogen) atoms. The van der Waals surface area contributed by atoms with Crippen molar-refractivity contribution in [2.24, 2.45) is 5.73 Å². The topological polar surface area (TPSA) is 123 Å². The molecular weight excluding hydrogens is 334 g/mol. The Morgan fingerprint density at radius 2 is 2.12 bits per heavy atom. The smallest absolute Gasteiger partial charge is 0.329 e. The van der Waals surface area contributed by atoms with E-state index in [1.807, 2.05) is 6.92 Å². The number of carbonyl (C=O) groups is 1. The number of aromatic amines is 1. The normalized spacial score (nSPS) is 14.6. The van der Waals surface area contributed by atoms with Crippen molar-refractivity contribution >= 4 is 16.9 Å². The Balaban J connectivity index is 2.20. The number of aryl methyl sites for hydroxylation is 1. The molecule has 0 spiro atoms.